The Kier molecular flexibility index (Phi) is 12.2. The van der Waals surface area contributed by atoms with Crippen molar-refractivity contribution in [3.63, 3.8) is 0 Å². The molecule has 0 aromatic carbocycles. The van der Waals surface area contributed by atoms with Crippen LogP contribution in [0.3, 0.4) is 0 Å². The van der Waals surface area contributed by atoms with Crippen LogP contribution in [0.1, 0.15) is 51.9 Å². The summed E-state index contributed by atoms with van der Waals surface area (Å²) < 4.78 is 5.16. The van der Waals surface area contributed by atoms with Crippen molar-refractivity contribution in [1.82, 2.24) is 0 Å². The van der Waals surface area contributed by atoms with E-state index in [9.17, 15) is 4.79 Å². The van der Waals surface area contributed by atoms with Gasteiger partial charge < -0.3 is 4.74 Å². The Bertz CT molecular complexity index is 174. The van der Waals surface area contributed by atoms with Crippen molar-refractivity contribution in [2.24, 2.45) is 0 Å². The first kappa shape index (κ1) is 16.4. The summed E-state index contributed by atoms with van der Waals surface area (Å²) >= 11 is 6.60. The van der Waals surface area contributed by atoms with Crippen LogP contribution in [0.2, 0.25) is 0 Å². The van der Waals surface area contributed by atoms with Crippen LogP contribution < -0.4 is 0 Å². The lowest BCUT2D eigenvalue weighted by atomic mass is 10.1. The Morgan fingerprint density at radius 3 is 2.44 bits per heavy atom. The molecule has 0 amide bonds. The molecule has 0 spiro atoms. The topological polar surface area (TPSA) is 26.3 Å². The fourth-order valence-corrected chi connectivity index (χ4v) is 2.79. The molecule has 1 atom stereocenters. The second kappa shape index (κ2) is 11.9. The SMILES string of the molecule is CCCCCCCCOC(=O)C(Br)CCBr. The Labute approximate surface area is 116 Å². The molecule has 0 aliphatic carbocycles. The zero-order chi connectivity index (χ0) is 12.2. The zero-order valence-electron chi connectivity index (χ0n) is 10.0. The summed E-state index contributed by atoms with van der Waals surface area (Å²) in [4.78, 5) is 11.2. The minimum Gasteiger partial charge on any atom is -0.465 e. The van der Waals surface area contributed by atoms with E-state index in [0.717, 1.165) is 18.2 Å². The third-order valence-corrected chi connectivity index (χ3v) is 3.65. The van der Waals surface area contributed by atoms with Gasteiger partial charge in [0.2, 0.25) is 0 Å². The summed E-state index contributed by atoms with van der Waals surface area (Å²) in [6, 6.07) is 0. The predicted molar refractivity (Wildman–Crippen MR) is 75.5 cm³/mol. The molecule has 4 heteroatoms. The molecule has 0 heterocycles. The highest BCUT2D eigenvalue weighted by molar-refractivity contribution is 9.10. The smallest absolute Gasteiger partial charge is 0.319 e. The van der Waals surface area contributed by atoms with Gasteiger partial charge in [-0.1, -0.05) is 70.9 Å². The van der Waals surface area contributed by atoms with Crippen molar-refractivity contribution in [3.8, 4) is 0 Å². The third kappa shape index (κ3) is 9.64. The molecular weight excluding hydrogens is 336 g/mol. The summed E-state index contributed by atoms with van der Waals surface area (Å²) in [5.74, 6) is -0.131. The van der Waals surface area contributed by atoms with Crippen molar-refractivity contribution < 1.29 is 9.53 Å². The van der Waals surface area contributed by atoms with E-state index in [2.05, 4.69) is 38.8 Å². The highest BCUT2D eigenvalue weighted by Gasteiger charge is 2.14. The van der Waals surface area contributed by atoms with Gasteiger partial charge in [0.1, 0.15) is 4.83 Å². The number of halogens is 2. The van der Waals surface area contributed by atoms with Crippen LogP contribution in [0, 0.1) is 0 Å². The van der Waals surface area contributed by atoms with E-state index >= 15 is 0 Å². The first-order valence-corrected chi connectivity index (χ1v) is 8.12. The van der Waals surface area contributed by atoms with Gasteiger partial charge in [-0.15, -0.1) is 0 Å². The van der Waals surface area contributed by atoms with Gasteiger partial charge in [0.15, 0.2) is 0 Å². The summed E-state index contributed by atoms with van der Waals surface area (Å²) in [6.45, 7) is 2.77. The molecule has 0 aromatic heterocycles. The van der Waals surface area contributed by atoms with Crippen molar-refractivity contribution in [3.05, 3.63) is 0 Å². The summed E-state index contributed by atoms with van der Waals surface area (Å²) in [6.07, 6.45) is 8.07. The standard InChI is InChI=1S/C12H22Br2O2/c1-2-3-4-5-6-7-10-16-12(15)11(14)8-9-13/h11H,2-10H2,1H3. The second-order valence-electron chi connectivity index (χ2n) is 3.88. The Morgan fingerprint density at radius 1 is 1.19 bits per heavy atom. The van der Waals surface area contributed by atoms with Crippen LogP contribution in [0.25, 0.3) is 0 Å². The van der Waals surface area contributed by atoms with E-state index in [1.807, 2.05) is 0 Å². The fraction of sp³-hybridized carbons (Fsp3) is 0.917. The van der Waals surface area contributed by atoms with Crippen LogP contribution in [0.5, 0.6) is 0 Å². The summed E-state index contributed by atoms with van der Waals surface area (Å²) in [5, 5.41) is 0.815. The van der Waals surface area contributed by atoms with Crippen LogP contribution in [0.15, 0.2) is 0 Å². The molecule has 2 nitrogen and oxygen atoms in total. The van der Waals surface area contributed by atoms with E-state index in [-0.39, 0.29) is 10.8 Å². The molecule has 0 saturated carbocycles. The molecule has 16 heavy (non-hydrogen) atoms. The van der Waals surface area contributed by atoms with Gasteiger partial charge >= 0.3 is 5.97 Å². The van der Waals surface area contributed by atoms with E-state index in [1.54, 1.807) is 0 Å². The maximum Gasteiger partial charge on any atom is 0.319 e. The fourth-order valence-electron chi connectivity index (χ4n) is 1.36. The molecule has 0 aromatic rings. The Morgan fingerprint density at radius 2 is 1.81 bits per heavy atom. The lowest BCUT2D eigenvalue weighted by Gasteiger charge is -2.08. The average Bonchev–Trinajstić information content (AvgIpc) is 2.28. The van der Waals surface area contributed by atoms with Gasteiger partial charge in [-0.25, -0.2) is 0 Å². The van der Waals surface area contributed by atoms with Crippen molar-refractivity contribution in [1.29, 1.82) is 0 Å². The van der Waals surface area contributed by atoms with Gasteiger partial charge in [0.05, 0.1) is 6.61 Å². The van der Waals surface area contributed by atoms with Gasteiger partial charge in [-0.05, 0) is 12.8 Å². The molecular formula is C12H22Br2O2. The van der Waals surface area contributed by atoms with Crippen LogP contribution in [-0.4, -0.2) is 22.7 Å². The molecule has 0 bridgehead atoms. The minimum absolute atomic E-state index is 0.131. The molecule has 0 aliphatic heterocycles. The molecule has 0 rings (SSSR count). The Balaban J connectivity index is 3.27. The average molecular weight is 358 g/mol. The number of unbranched alkanes of at least 4 members (excludes halogenated alkanes) is 5. The minimum atomic E-state index is -0.160. The van der Waals surface area contributed by atoms with Crippen molar-refractivity contribution in [2.75, 3.05) is 11.9 Å². The highest BCUT2D eigenvalue weighted by atomic mass is 79.9. The normalized spacial score (nSPS) is 12.4. The number of hydrogen-bond donors (Lipinski definition) is 0. The van der Waals surface area contributed by atoms with Crippen LogP contribution >= 0.6 is 31.9 Å². The lowest BCUT2D eigenvalue weighted by molar-refractivity contribution is -0.142. The second-order valence-corrected chi connectivity index (χ2v) is 5.78. The lowest BCUT2D eigenvalue weighted by Crippen LogP contribution is -2.18. The molecule has 0 fully saturated rings. The van der Waals surface area contributed by atoms with Gasteiger partial charge in [-0.3, -0.25) is 4.79 Å². The first-order chi connectivity index (χ1) is 7.72. The third-order valence-electron chi connectivity index (χ3n) is 2.36. The largest absolute Gasteiger partial charge is 0.465 e. The number of alkyl halides is 2. The number of rotatable bonds is 10. The first-order valence-electron chi connectivity index (χ1n) is 6.09. The number of esters is 1. The van der Waals surface area contributed by atoms with E-state index in [0.29, 0.717) is 6.61 Å². The summed E-state index contributed by atoms with van der Waals surface area (Å²) in [7, 11) is 0. The number of hydrogen-bond acceptors (Lipinski definition) is 2. The van der Waals surface area contributed by atoms with E-state index < -0.39 is 0 Å². The maximum absolute atomic E-state index is 11.4. The zero-order valence-corrected chi connectivity index (χ0v) is 13.2. The molecule has 0 N–H and O–H groups in total. The Hall–Kier alpha value is 0.430. The molecule has 0 radical (unpaired) electrons. The number of carbonyl (C=O) groups excluding carboxylic acids is 1. The van der Waals surface area contributed by atoms with Gasteiger partial charge in [0.25, 0.3) is 0 Å². The molecule has 0 saturated heterocycles. The number of carbonyl (C=O) groups is 1. The molecule has 96 valence electrons. The van der Waals surface area contributed by atoms with Crippen molar-refractivity contribution >= 4 is 37.8 Å². The van der Waals surface area contributed by atoms with Crippen LogP contribution in [0.4, 0.5) is 0 Å². The van der Waals surface area contributed by atoms with E-state index in [1.165, 1.54) is 32.1 Å². The van der Waals surface area contributed by atoms with Gasteiger partial charge in [0, 0.05) is 5.33 Å². The highest BCUT2D eigenvalue weighted by Crippen LogP contribution is 2.10. The van der Waals surface area contributed by atoms with Crippen LogP contribution in [-0.2, 0) is 9.53 Å². The quantitative estimate of drug-likeness (QED) is 0.328. The molecule has 0 aliphatic rings. The maximum atomic E-state index is 11.4. The van der Waals surface area contributed by atoms with Crippen molar-refractivity contribution in [2.45, 2.75) is 56.7 Å². The van der Waals surface area contributed by atoms with E-state index in [4.69, 9.17) is 4.74 Å². The predicted octanol–water partition coefficient (Wildman–Crippen LogP) is 4.44. The number of ether oxygens (including phenoxy) is 1. The van der Waals surface area contributed by atoms with Gasteiger partial charge in [-0.2, -0.15) is 0 Å². The monoisotopic (exact) mass is 356 g/mol. The molecule has 1 unspecified atom stereocenters. The summed E-state index contributed by atoms with van der Waals surface area (Å²) in [5.41, 5.74) is 0.